The summed E-state index contributed by atoms with van der Waals surface area (Å²) in [6, 6.07) is 0. The van der Waals surface area contributed by atoms with E-state index in [9.17, 15) is 0 Å². The average molecular weight is 385 g/mol. The molecule has 12 heteroatoms. The van der Waals surface area contributed by atoms with Crippen molar-refractivity contribution in [2.45, 2.75) is 6.92 Å². The van der Waals surface area contributed by atoms with E-state index in [1.54, 1.807) is 6.92 Å². The quantitative estimate of drug-likeness (QED) is 0.424. The third-order valence-corrected chi connectivity index (χ3v) is 0.994. The minimum Gasteiger partial charge on any atom is -0.577 e. The molecule has 20 heavy (non-hydrogen) atoms. The molecule has 0 heterocycles. The summed E-state index contributed by atoms with van der Waals surface area (Å²) in [7, 11) is 8.35. The Morgan fingerprint density at radius 1 is 0.950 bits per heavy atom. The minimum atomic E-state index is 0. The van der Waals surface area contributed by atoms with Crippen LogP contribution in [0.25, 0.3) is 5.59 Å². The molecular weight excluding hydrogens is 363 g/mol. The van der Waals surface area contributed by atoms with Crippen LogP contribution in [0.3, 0.4) is 0 Å². The van der Waals surface area contributed by atoms with Crippen LogP contribution < -0.4 is 0 Å². The van der Waals surface area contributed by atoms with Crippen LogP contribution in [-0.2, 0) is 19.5 Å². The number of likely N-dealkylation sites (N-methyl/N-ethyl adjacent to an activating group) is 2. The molecule has 123 valence electrons. The zero-order valence-corrected chi connectivity index (χ0v) is 13.9. The van der Waals surface area contributed by atoms with Crippen molar-refractivity contribution in [1.82, 2.24) is 9.80 Å². The van der Waals surface area contributed by atoms with Gasteiger partial charge in [-0.2, -0.15) is 0 Å². The first-order valence-electron chi connectivity index (χ1n) is 4.86. The minimum absolute atomic E-state index is 0. The summed E-state index contributed by atoms with van der Waals surface area (Å²) < 4.78 is 0. The molecule has 0 aromatic heterocycles. The zero-order valence-electron chi connectivity index (χ0n) is 12.2. The van der Waals surface area contributed by atoms with Crippen LogP contribution in [0.5, 0.6) is 0 Å². The molecule has 0 saturated heterocycles. The van der Waals surface area contributed by atoms with Crippen LogP contribution in [0.15, 0.2) is 10.7 Å². The van der Waals surface area contributed by atoms with Gasteiger partial charge in [-0.3, -0.25) is 0 Å². The van der Waals surface area contributed by atoms with Gasteiger partial charge in [-0.15, -0.1) is 10.7 Å². The maximum absolute atomic E-state index is 8.00. The van der Waals surface area contributed by atoms with Crippen molar-refractivity contribution in [1.29, 1.82) is 0 Å². The first-order chi connectivity index (χ1) is 8.87. The molecule has 0 aliphatic carbocycles. The van der Waals surface area contributed by atoms with Gasteiger partial charge in [0, 0.05) is 19.7 Å². The van der Waals surface area contributed by atoms with Gasteiger partial charge >= 0.3 is 19.5 Å². The Morgan fingerprint density at radius 2 is 1.05 bits per heavy atom. The Hall–Kier alpha value is -1.10. The normalized spacial score (nSPS) is 6.80. The molecule has 0 aliphatic heterocycles. The van der Waals surface area contributed by atoms with Crippen LogP contribution in [0.1, 0.15) is 6.92 Å². The number of aliphatic hydroxyl groups is 1. The van der Waals surface area contributed by atoms with Gasteiger partial charge in [-0.05, 0) is 35.1 Å². The van der Waals surface area contributed by atoms with Crippen molar-refractivity contribution in [2.75, 3.05) is 47.9 Å². The topological polar surface area (TPSA) is 171 Å². The second-order valence-corrected chi connectivity index (χ2v) is 3.07. The maximum atomic E-state index is 8.00. The first-order valence-corrected chi connectivity index (χ1v) is 4.86. The van der Waals surface area contributed by atoms with E-state index in [0.717, 1.165) is 23.8 Å². The molecule has 0 rings (SSSR count). The molecular formula is C8H22N5O6Ru. The number of rotatable bonds is 3. The monoisotopic (exact) mass is 386 g/mol. The van der Waals surface area contributed by atoms with Gasteiger partial charge in [-0.25, -0.2) is 0 Å². The van der Waals surface area contributed by atoms with Crippen molar-refractivity contribution < 1.29 is 24.6 Å². The van der Waals surface area contributed by atoms with Gasteiger partial charge in [0.2, 0.25) is 0 Å². The molecule has 1 radical (unpaired) electrons. The van der Waals surface area contributed by atoms with E-state index in [-0.39, 0.29) is 26.1 Å². The van der Waals surface area contributed by atoms with Crippen molar-refractivity contribution in [3.05, 3.63) is 30.7 Å². The fourth-order valence-corrected chi connectivity index (χ4v) is 0.400. The van der Waals surface area contributed by atoms with Crippen molar-refractivity contribution in [3.63, 3.8) is 0 Å². The molecule has 0 saturated carbocycles. The first kappa shape index (κ1) is 36.4. The molecule has 0 unspecified atom stereocenters. The van der Waals surface area contributed by atoms with Crippen LogP contribution >= 0.6 is 0 Å². The van der Waals surface area contributed by atoms with E-state index in [4.69, 9.17) is 35.8 Å². The summed E-state index contributed by atoms with van der Waals surface area (Å²) >= 11 is 0. The van der Waals surface area contributed by atoms with Crippen molar-refractivity contribution in [2.24, 2.45) is 10.7 Å². The summed E-state index contributed by atoms with van der Waals surface area (Å²) in [5, 5.41) is 25.6. The summed E-state index contributed by atoms with van der Waals surface area (Å²) in [5.74, 6) is 0. The van der Waals surface area contributed by atoms with E-state index in [1.165, 1.54) is 0 Å². The van der Waals surface area contributed by atoms with Crippen LogP contribution in [-0.4, -0.2) is 62.8 Å². The summed E-state index contributed by atoms with van der Waals surface area (Å²) in [6.07, 6.45) is 0. The molecule has 0 aromatic carbocycles. The Kier molecular flexibility index (Phi) is 94.9. The van der Waals surface area contributed by atoms with Gasteiger partial charge in [0.1, 0.15) is 0 Å². The predicted molar refractivity (Wildman–Crippen MR) is 74.9 cm³/mol. The SMILES string of the molecule is CCO.CN(C)CCN(C)C.O=N[O-].O=N[O-].[N-]=O.[Ru+3]. The second kappa shape index (κ2) is 52.2. The van der Waals surface area contributed by atoms with E-state index >= 15 is 0 Å². The van der Waals surface area contributed by atoms with Gasteiger partial charge in [-0.1, -0.05) is 0 Å². The Labute approximate surface area is 131 Å². The number of nitrogens with zero attached hydrogens (tertiary/aromatic N) is 5. The van der Waals surface area contributed by atoms with E-state index < -0.39 is 0 Å². The van der Waals surface area contributed by atoms with Crippen LogP contribution in [0.4, 0.5) is 0 Å². The fraction of sp³-hybridized carbons (Fsp3) is 1.00. The zero-order chi connectivity index (χ0) is 16.7. The fourth-order valence-electron chi connectivity index (χ4n) is 0.400. The van der Waals surface area contributed by atoms with E-state index in [2.05, 4.69) is 38.0 Å². The van der Waals surface area contributed by atoms with E-state index in [1.807, 2.05) is 0 Å². The molecule has 0 fully saturated rings. The summed E-state index contributed by atoms with van der Waals surface area (Å²) in [5.41, 5.74) is 5.75. The standard InChI is InChI=1S/C6H16N2.C2H6O.2HNO2.NO.Ru/c1-7(2)5-6-8(3)4;1-2-3;2*2-1-3;1-2;/h5-6H2,1-4H3;3H,2H2,1H3;2*(H,2,3);;/q;;;;-1;+3/p-2. The number of nitroso groups, excluding NO2 is 1. The van der Waals surface area contributed by atoms with Gasteiger partial charge in [0.25, 0.3) is 0 Å². The van der Waals surface area contributed by atoms with Crippen molar-refractivity contribution in [3.8, 4) is 0 Å². The smallest absolute Gasteiger partial charge is 0.577 e. The molecule has 0 aliphatic rings. The molecule has 0 atom stereocenters. The Balaban J connectivity index is -0.0000000347. The largest absolute Gasteiger partial charge is 3.00 e. The third kappa shape index (κ3) is 281. The van der Waals surface area contributed by atoms with E-state index in [0.29, 0.717) is 0 Å². The van der Waals surface area contributed by atoms with Gasteiger partial charge in [0.05, 0.1) is 0 Å². The van der Waals surface area contributed by atoms with Crippen LogP contribution in [0.2, 0.25) is 0 Å². The number of hydrogen-bond donors (Lipinski definition) is 1. The van der Waals surface area contributed by atoms with Gasteiger partial charge < -0.3 is 45.6 Å². The molecule has 1 N–H and O–H groups in total. The molecule has 0 bridgehead atoms. The van der Waals surface area contributed by atoms with Crippen LogP contribution in [0, 0.1) is 25.1 Å². The Bertz CT molecular complexity index is 141. The Morgan fingerprint density at radius 3 is 1.10 bits per heavy atom. The number of hydrogen-bond acceptors (Lipinski definition) is 10. The molecule has 11 nitrogen and oxygen atoms in total. The molecule has 0 spiro atoms. The maximum Gasteiger partial charge on any atom is 3.00 e. The molecule has 0 amide bonds. The van der Waals surface area contributed by atoms with Crippen molar-refractivity contribution >= 4 is 0 Å². The second-order valence-electron chi connectivity index (χ2n) is 3.07. The summed E-state index contributed by atoms with van der Waals surface area (Å²) in [4.78, 5) is 27.6. The average Bonchev–Trinajstić information content (AvgIpc) is 2.32. The third-order valence-electron chi connectivity index (χ3n) is 0.994. The van der Waals surface area contributed by atoms with Gasteiger partial charge in [0.15, 0.2) is 0 Å². The molecule has 0 aromatic rings. The predicted octanol–water partition coefficient (Wildman–Crippen LogP) is 0.929. The summed E-state index contributed by atoms with van der Waals surface area (Å²) in [6.45, 7) is 4.22. The number of aliphatic hydroxyl groups excluding tert-OH is 1.